The van der Waals surface area contributed by atoms with Crippen molar-refractivity contribution in [3.63, 3.8) is 0 Å². The molecule has 0 spiro atoms. The molecule has 110 valence electrons. The normalized spacial score (nSPS) is 22.5. The quantitative estimate of drug-likeness (QED) is 0.736. The Bertz CT molecular complexity index is 274. The Kier molecular flexibility index (Phi) is 5.88. The molecule has 6 nitrogen and oxygen atoms in total. The molecule has 6 heteroatoms. The molecule has 0 aliphatic carbocycles. The van der Waals surface area contributed by atoms with Gasteiger partial charge in [0.2, 0.25) is 0 Å². The van der Waals surface area contributed by atoms with Gasteiger partial charge in [-0.25, -0.2) is 4.79 Å². The summed E-state index contributed by atoms with van der Waals surface area (Å²) in [6.45, 7) is 7.54. The van der Waals surface area contributed by atoms with Crippen LogP contribution < -0.4 is 11.1 Å². The Labute approximate surface area is 115 Å². The molecule has 0 bridgehead atoms. The smallest absolute Gasteiger partial charge is 0.317 e. The van der Waals surface area contributed by atoms with Crippen molar-refractivity contribution in [1.82, 2.24) is 15.1 Å². The third-order valence-corrected chi connectivity index (χ3v) is 3.99. The zero-order chi connectivity index (χ0) is 13.5. The van der Waals surface area contributed by atoms with Crippen LogP contribution in [-0.2, 0) is 4.74 Å². The second-order valence-electron chi connectivity index (χ2n) is 5.36. The molecular formula is C13H26N4O2. The van der Waals surface area contributed by atoms with Gasteiger partial charge in [0.25, 0.3) is 0 Å². The molecule has 0 atom stereocenters. The van der Waals surface area contributed by atoms with Gasteiger partial charge in [0, 0.05) is 59.0 Å². The minimum Gasteiger partial charge on any atom is -0.381 e. The lowest BCUT2D eigenvalue weighted by Crippen LogP contribution is -2.53. The number of ether oxygens (including phenoxy) is 1. The van der Waals surface area contributed by atoms with Crippen molar-refractivity contribution in [3.8, 4) is 0 Å². The standard InChI is InChI=1S/C13H26N4O2/c14-3-4-16-5-7-17(8-6-16)13(18)15-11-12-1-9-19-10-2-12/h12H,1-11,14H2,(H,15,18). The summed E-state index contributed by atoms with van der Waals surface area (Å²) in [5.74, 6) is 0.580. The molecule has 2 fully saturated rings. The summed E-state index contributed by atoms with van der Waals surface area (Å²) in [5, 5.41) is 3.06. The molecule has 2 aliphatic heterocycles. The summed E-state index contributed by atoms with van der Waals surface area (Å²) < 4.78 is 5.32. The highest BCUT2D eigenvalue weighted by molar-refractivity contribution is 5.74. The highest BCUT2D eigenvalue weighted by atomic mass is 16.5. The molecule has 0 aromatic rings. The van der Waals surface area contributed by atoms with E-state index in [-0.39, 0.29) is 6.03 Å². The predicted octanol–water partition coefficient (Wildman–Crippen LogP) is -0.301. The van der Waals surface area contributed by atoms with Crippen LogP contribution in [0, 0.1) is 5.92 Å². The number of carbonyl (C=O) groups is 1. The number of hydrogen-bond donors (Lipinski definition) is 2. The van der Waals surface area contributed by atoms with Gasteiger partial charge in [0.1, 0.15) is 0 Å². The number of nitrogens with two attached hydrogens (primary N) is 1. The molecular weight excluding hydrogens is 244 g/mol. The van der Waals surface area contributed by atoms with Crippen LogP contribution in [0.4, 0.5) is 4.79 Å². The van der Waals surface area contributed by atoms with Crippen LogP contribution in [0.3, 0.4) is 0 Å². The number of carbonyl (C=O) groups excluding carboxylic acids is 1. The Morgan fingerprint density at radius 3 is 2.53 bits per heavy atom. The lowest BCUT2D eigenvalue weighted by molar-refractivity contribution is 0.0659. The molecule has 2 heterocycles. The van der Waals surface area contributed by atoms with Gasteiger partial charge in [-0.2, -0.15) is 0 Å². The lowest BCUT2D eigenvalue weighted by Gasteiger charge is -2.34. The molecule has 0 aromatic carbocycles. The number of nitrogens with zero attached hydrogens (tertiary/aromatic N) is 2. The fourth-order valence-corrected chi connectivity index (χ4v) is 2.65. The van der Waals surface area contributed by atoms with Gasteiger partial charge in [-0.1, -0.05) is 0 Å². The average Bonchev–Trinajstić information content (AvgIpc) is 2.47. The van der Waals surface area contributed by atoms with Crippen molar-refractivity contribution < 1.29 is 9.53 Å². The largest absolute Gasteiger partial charge is 0.381 e. The van der Waals surface area contributed by atoms with Crippen molar-refractivity contribution in [2.75, 3.05) is 59.0 Å². The highest BCUT2D eigenvalue weighted by Gasteiger charge is 2.21. The molecule has 0 aromatic heterocycles. The second-order valence-corrected chi connectivity index (χ2v) is 5.36. The van der Waals surface area contributed by atoms with E-state index in [1.165, 1.54) is 0 Å². The highest BCUT2D eigenvalue weighted by Crippen LogP contribution is 2.13. The number of amides is 2. The first-order chi connectivity index (χ1) is 9.29. The van der Waals surface area contributed by atoms with Crippen LogP contribution in [0.1, 0.15) is 12.8 Å². The van der Waals surface area contributed by atoms with Crippen molar-refractivity contribution >= 4 is 6.03 Å². The van der Waals surface area contributed by atoms with Crippen molar-refractivity contribution in [2.45, 2.75) is 12.8 Å². The van der Waals surface area contributed by atoms with Crippen molar-refractivity contribution in [2.24, 2.45) is 11.7 Å². The van der Waals surface area contributed by atoms with Crippen LogP contribution in [0.5, 0.6) is 0 Å². The number of hydrogen-bond acceptors (Lipinski definition) is 4. The third kappa shape index (κ3) is 4.63. The van der Waals surface area contributed by atoms with Crippen molar-refractivity contribution in [3.05, 3.63) is 0 Å². The van der Waals surface area contributed by atoms with E-state index in [1.807, 2.05) is 4.90 Å². The number of urea groups is 1. The number of nitrogens with one attached hydrogen (secondary N) is 1. The molecule has 2 saturated heterocycles. The van der Waals surface area contributed by atoms with E-state index in [9.17, 15) is 4.79 Å². The summed E-state index contributed by atoms with van der Waals surface area (Å²) in [6, 6.07) is 0.0823. The zero-order valence-corrected chi connectivity index (χ0v) is 11.6. The van der Waals surface area contributed by atoms with Gasteiger partial charge < -0.3 is 20.7 Å². The Balaban J connectivity index is 1.63. The van der Waals surface area contributed by atoms with Crippen LogP contribution >= 0.6 is 0 Å². The van der Waals surface area contributed by atoms with Crippen LogP contribution in [0.15, 0.2) is 0 Å². The lowest BCUT2D eigenvalue weighted by atomic mass is 10.0. The van der Waals surface area contributed by atoms with Gasteiger partial charge >= 0.3 is 6.03 Å². The molecule has 2 aliphatic rings. The van der Waals surface area contributed by atoms with Crippen LogP contribution in [-0.4, -0.2) is 74.9 Å². The summed E-state index contributed by atoms with van der Waals surface area (Å²) >= 11 is 0. The fourth-order valence-electron chi connectivity index (χ4n) is 2.65. The Morgan fingerprint density at radius 2 is 1.89 bits per heavy atom. The van der Waals surface area contributed by atoms with Crippen LogP contribution in [0.2, 0.25) is 0 Å². The minimum absolute atomic E-state index is 0.0823. The van der Waals surface area contributed by atoms with E-state index in [1.54, 1.807) is 0 Å². The van der Waals surface area contributed by atoms with E-state index < -0.39 is 0 Å². The van der Waals surface area contributed by atoms with Gasteiger partial charge in [-0.05, 0) is 18.8 Å². The minimum atomic E-state index is 0.0823. The monoisotopic (exact) mass is 270 g/mol. The molecule has 3 N–H and O–H groups in total. The SMILES string of the molecule is NCCN1CCN(C(=O)NCC2CCOCC2)CC1. The van der Waals surface area contributed by atoms with E-state index in [4.69, 9.17) is 10.5 Å². The maximum absolute atomic E-state index is 12.0. The second kappa shape index (κ2) is 7.67. The molecule has 0 radical (unpaired) electrons. The zero-order valence-electron chi connectivity index (χ0n) is 11.6. The van der Waals surface area contributed by atoms with E-state index in [0.29, 0.717) is 12.5 Å². The maximum Gasteiger partial charge on any atom is 0.317 e. The average molecular weight is 270 g/mol. The summed E-state index contributed by atoms with van der Waals surface area (Å²) in [6.07, 6.45) is 2.12. The topological polar surface area (TPSA) is 70.8 Å². The third-order valence-electron chi connectivity index (χ3n) is 3.99. The predicted molar refractivity (Wildman–Crippen MR) is 74.0 cm³/mol. The fraction of sp³-hybridized carbons (Fsp3) is 0.923. The first-order valence-corrected chi connectivity index (χ1v) is 7.32. The summed E-state index contributed by atoms with van der Waals surface area (Å²) in [4.78, 5) is 16.3. The molecule has 2 amide bonds. The first-order valence-electron chi connectivity index (χ1n) is 7.32. The molecule has 19 heavy (non-hydrogen) atoms. The number of rotatable bonds is 4. The Hall–Kier alpha value is -0.850. The van der Waals surface area contributed by atoms with E-state index >= 15 is 0 Å². The van der Waals surface area contributed by atoms with E-state index in [0.717, 1.165) is 65.3 Å². The van der Waals surface area contributed by atoms with Gasteiger partial charge in [0.15, 0.2) is 0 Å². The van der Waals surface area contributed by atoms with E-state index in [2.05, 4.69) is 10.2 Å². The van der Waals surface area contributed by atoms with Crippen LogP contribution in [0.25, 0.3) is 0 Å². The molecule has 0 saturated carbocycles. The van der Waals surface area contributed by atoms with Gasteiger partial charge in [-0.3, -0.25) is 4.90 Å². The molecule has 0 unspecified atom stereocenters. The van der Waals surface area contributed by atoms with Crippen molar-refractivity contribution in [1.29, 1.82) is 0 Å². The summed E-state index contributed by atoms with van der Waals surface area (Å²) in [5.41, 5.74) is 5.54. The molecule has 2 rings (SSSR count). The summed E-state index contributed by atoms with van der Waals surface area (Å²) in [7, 11) is 0. The van der Waals surface area contributed by atoms with Gasteiger partial charge in [-0.15, -0.1) is 0 Å². The Morgan fingerprint density at radius 1 is 1.21 bits per heavy atom. The maximum atomic E-state index is 12.0. The first kappa shape index (κ1) is 14.6. The van der Waals surface area contributed by atoms with Gasteiger partial charge in [0.05, 0.1) is 0 Å². The number of piperazine rings is 1.